The van der Waals surface area contributed by atoms with Crippen molar-refractivity contribution in [1.82, 2.24) is 5.32 Å². The fourth-order valence-electron chi connectivity index (χ4n) is 2.88. The molecule has 1 aliphatic carbocycles. The molecule has 1 unspecified atom stereocenters. The number of carbonyl (C=O) groups is 2. The number of hydrogen-bond donors (Lipinski definition) is 1. The molecule has 3 nitrogen and oxygen atoms in total. The summed E-state index contributed by atoms with van der Waals surface area (Å²) >= 11 is 0. The van der Waals surface area contributed by atoms with Crippen LogP contribution < -0.4 is 5.32 Å². The van der Waals surface area contributed by atoms with Crippen molar-refractivity contribution >= 4 is 11.6 Å². The summed E-state index contributed by atoms with van der Waals surface area (Å²) in [4.78, 5) is 24.3. The lowest BCUT2D eigenvalue weighted by molar-refractivity contribution is -0.127. The molecule has 0 aromatic heterocycles. The van der Waals surface area contributed by atoms with Gasteiger partial charge in [0.15, 0.2) is 11.6 Å². The van der Waals surface area contributed by atoms with Crippen molar-refractivity contribution in [3.63, 3.8) is 0 Å². The van der Waals surface area contributed by atoms with E-state index >= 15 is 0 Å². The van der Waals surface area contributed by atoms with Crippen LogP contribution in [0, 0.1) is 17.9 Å². The topological polar surface area (TPSA) is 46.2 Å². The third-order valence-corrected chi connectivity index (χ3v) is 4.14. The molecular formula is C20H26NO2. The molecule has 1 aromatic rings. The second-order valence-electron chi connectivity index (χ2n) is 7.22. The van der Waals surface area contributed by atoms with Crippen LogP contribution in [0.15, 0.2) is 42.0 Å². The van der Waals surface area contributed by atoms with Gasteiger partial charge in [-0.05, 0) is 29.9 Å². The first-order valence-corrected chi connectivity index (χ1v) is 8.27. The normalized spacial score (nSPS) is 18.8. The van der Waals surface area contributed by atoms with Crippen molar-refractivity contribution in [3.8, 4) is 0 Å². The number of rotatable bonds is 6. The molecular weight excluding hydrogens is 286 g/mol. The quantitative estimate of drug-likeness (QED) is 0.495. The number of benzene rings is 1. The highest BCUT2D eigenvalue weighted by Crippen LogP contribution is 2.34. The van der Waals surface area contributed by atoms with Crippen LogP contribution in [0.3, 0.4) is 0 Å². The Kier molecular flexibility index (Phi) is 5.89. The van der Waals surface area contributed by atoms with Crippen LogP contribution in [-0.4, -0.2) is 18.1 Å². The first-order valence-electron chi connectivity index (χ1n) is 8.27. The van der Waals surface area contributed by atoms with Crippen LogP contribution in [0.25, 0.3) is 0 Å². The standard InChI is InChI=1S/C20H26NO2/c1-15(9-10-21-14-16-7-5-4-6-8-16)11-17-18(22)12-20(2,3)13-19(17)23/h4-8,11,14-15,21H,9-10,12-13H2,1-3H3. The number of carbonyl (C=O) groups excluding carboxylic acids is 2. The predicted octanol–water partition coefficient (Wildman–Crippen LogP) is 3.70. The van der Waals surface area contributed by atoms with E-state index in [9.17, 15) is 9.59 Å². The molecule has 1 saturated carbocycles. The highest BCUT2D eigenvalue weighted by molar-refractivity contribution is 6.22. The summed E-state index contributed by atoms with van der Waals surface area (Å²) in [5.74, 6) is 0.208. The lowest BCUT2D eigenvalue weighted by Gasteiger charge is -2.28. The average Bonchev–Trinajstić information content (AvgIpc) is 2.48. The summed E-state index contributed by atoms with van der Waals surface area (Å²) in [7, 11) is 0. The van der Waals surface area contributed by atoms with E-state index in [0.717, 1.165) is 18.5 Å². The molecule has 1 aliphatic rings. The van der Waals surface area contributed by atoms with E-state index in [0.29, 0.717) is 18.4 Å². The van der Waals surface area contributed by atoms with Crippen LogP contribution in [-0.2, 0) is 9.59 Å². The zero-order valence-corrected chi connectivity index (χ0v) is 14.3. The first kappa shape index (κ1) is 17.6. The summed E-state index contributed by atoms with van der Waals surface area (Å²) in [6.07, 6.45) is 3.69. The Hall–Kier alpha value is -1.74. The molecule has 0 bridgehead atoms. The van der Waals surface area contributed by atoms with E-state index in [4.69, 9.17) is 0 Å². The van der Waals surface area contributed by atoms with E-state index in [-0.39, 0.29) is 22.9 Å². The third-order valence-electron chi connectivity index (χ3n) is 4.14. The van der Waals surface area contributed by atoms with Crippen molar-refractivity contribution < 1.29 is 9.59 Å². The van der Waals surface area contributed by atoms with E-state index in [1.165, 1.54) is 0 Å². The largest absolute Gasteiger partial charge is 0.308 e. The number of nitrogens with one attached hydrogen (secondary N) is 1. The highest BCUT2D eigenvalue weighted by atomic mass is 16.1. The molecule has 0 amide bonds. The van der Waals surface area contributed by atoms with Gasteiger partial charge in [0.05, 0.1) is 12.1 Å². The fourth-order valence-corrected chi connectivity index (χ4v) is 2.88. The molecule has 1 aromatic carbocycles. The van der Waals surface area contributed by atoms with E-state index < -0.39 is 0 Å². The van der Waals surface area contributed by atoms with Gasteiger partial charge in [0.1, 0.15) is 0 Å². The molecule has 1 N–H and O–H groups in total. The van der Waals surface area contributed by atoms with Crippen molar-refractivity contribution in [2.45, 2.75) is 40.0 Å². The van der Waals surface area contributed by atoms with E-state index in [1.807, 2.05) is 56.8 Å². The van der Waals surface area contributed by atoms with Gasteiger partial charge in [-0.15, -0.1) is 0 Å². The van der Waals surface area contributed by atoms with Gasteiger partial charge in [-0.3, -0.25) is 9.59 Å². The first-order chi connectivity index (χ1) is 10.9. The Labute approximate surface area is 139 Å². The van der Waals surface area contributed by atoms with Crippen LogP contribution >= 0.6 is 0 Å². The zero-order chi connectivity index (χ0) is 16.9. The predicted molar refractivity (Wildman–Crippen MR) is 92.7 cm³/mol. The maximum atomic E-state index is 12.2. The number of hydrogen-bond acceptors (Lipinski definition) is 3. The van der Waals surface area contributed by atoms with Gasteiger partial charge in [-0.2, -0.15) is 0 Å². The zero-order valence-electron chi connectivity index (χ0n) is 14.3. The molecule has 2 rings (SSSR count). The number of allylic oxidation sites excluding steroid dienone is 2. The molecule has 123 valence electrons. The summed E-state index contributed by atoms with van der Waals surface area (Å²) < 4.78 is 0. The molecule has 0 aliphatic heterocycles. The van der Waals surface area contributed by atoms with Gasteiger partial charge in [0.25, 0.3) is 0 Å². The summed E-state index contributed by atoms with van der Waals surface area (Å²) in [6, 6.07) is 10.1. The Morgan fingerprint density at radius 3 is 2.35 bits per heavy atom. The fraction of sp³-hybridized carbons (Fsp3) is 0.450. The maximum absolute atomic E-state index is 12.2. The molecule has 3 heteroatoms. The monoisotopic (exact) mass is 312 g/mol. The lowest BCUT2D eigenvalue weighted by atomic mass is 9.73. The minimum Gasteiger partial charge on any atom is -0.308 e. The van der Waals surface area contributed by atoms with Crippen LogP contribution in [0.5, 0.6) is 0 Å². The van der Waals surface area contributed by atoms with Crippen molar-refractivity contribution in [2.24, 2.45) is 11.3 Å². The molecule has 1 fully saturated rings. The maximum Gasteiger partial charge on any atom is 0.166 e. The lowest BCUT2D eigenvalue weighted by Crippen LogP contribution is -2.31. The van der Waals surface area contributed by atoms with Crippen LogP contribution in [0.4, 0.5) is 0 Å². The molecule has 1 radical (unpaired) electrons. The summed E-state index contributed by atoms with van der Waals surface area (Å²) in [6.45, 7) is 8.81. The Morgan fingerprint density at radius 2 is 1.74 bits per heavy atom. The minimum atomic E-state index is -0.194. The van der Waals surface area contributed by atoms with Crippen molar-refractivity contribution in [1.29, 1.82) is 0 Å². The molecule has 0 heterocycles. The van der Waals surface area contributed by atoms with Crippen LogP contribution in [0.2, 0.25) is 0 Å². The van der Waals surface area contributed by atoms with Crippen molar-refractivity contribution in [2.75, 3.05) is 6.54 Å². The minimum absolute atomic E-state index is 0.00177. The van der Waals surface area contributed by atoms with E-state index in [1.54, 1.807) is 0 Å². The van der Waals surface area contributed by atoms with Gasteiger partial charge < -0.3 is 5.32 Å². The van der Waals surface area contributed by atoms with Gasteiger partial charge >= 0.3 is 0 Å². The van der Waals surface area contributed by atoms with E-state index in [2.05, 4.69) is 12.2 Å². The third kappa shape index (κ3) is 5.43. The van der Waals surface area contributed by atoms with Gasteiger partial charge in [-0.1, -0.05) is 57.2 Å². The van der Waals surface area contributed by atoms with Gasteiger partial charge in [-0.25, -0.2) is 0 Å². The van der Waals surface area contributed by atoms with Gasteiger partial charge in [0, 0.05) is 12.8 Å². The Balaban J connectivity index is 1.80. The molecule has 0 spiro atoms. The molecule has 1 atom stereocenters. The van der Waals surface area contributed by atoms with Gasteiger partial charge in [0.2, 0.25) is 0 Å². The van der Waals surface area contributed by atoms with Crippen LogP contribution in [0.1, 0.15) is 45.6 Å². The second kappa shape index (κ2) is 7.69. The number of ketones is 2. The van der Waals surface area contributed by atoms with Crippen molar-refractivity contribution in [3.05, 3.63) is 54.1 Å². The second-order valence-corrected chi connectivity index (χ2v) is 7.22. The summed E-state index contributed by atoms with van der Waals surface area (Å²) in [5.41, 5.74) is 1.36. The Morgan fingerprint density at radius 1 is 1.13 bits per heavy atom. The Bertz CT molecular complexity index is 565. The smallest absolute Gasteiger partial charge is 0.166 e. The average molecular weight is 312 g/mol. The molecule has 23 heavy (non-hydrogen) atoms. The molecule has 0 saturated heterocycles. The number of Topliss-reactive ketones (excluding diaryl/α,β-unsaturated/α-hetero) is 2. The highest BCUT2D eigenvalue weighted by Gasteiger charge is 2.35. The summed E-state index contributed by atoms with van der Waals surface area (Å²) in [5, 5.41) is 3.28. The SMILES string of the molecule is CC(C=C1C(=O)CC(C)(C)CC1=O)CCN[CH]c1ccccc1.